The summed E-state index contributed by atoms with van der Waals surface area (Å²) in [5, 5.41) is 0.353. The number of nitrogens with zero attached hydrogens (tertiary/aromatic N) is 1. The number of likely N-dealkylation sites (N-methyl/N-ethyl adjacent to an activating group) is 1. The minimum Gasteiger partial charge on any atom is -0.369 e. The van der Waals surface area contributed by atoms with E-state index in [1.54, 1.807) is 18.0 Å². The third kappa shape index (κ3) is 3.49. The van der Waals surface area contributed by atoms with Crippen molar-refractivity contribution in [2.24, 2.45) is 5.73 Å². The second kappa shape index (κ2) is 5.09. The first-order chi connectivity index (χ1) is 7.00. The third-order valence-electron chi connectivity index (χ3n) is 1.92. The molecule has 1 amide bonds. The topological polar surface area (TPSA) is 46.3 Å². The molecule has 0 aliphatic heterocycles. The van der Waals surface area contributed by atoms with E-state index >= 15 is 0 Å². The Labute approximate surface area is 92.6 Å². The molecule has 0 bridgehead atoms. The van der Waals surface area contributed by atoms with E-state index in [2.05, 4.69) is 0 Å². The molecule has 3 nitrogen and oxygen atoms in total. The molecule has 1 aromatic carbocycles. The predicted molar refractivity (Wildman–Crippen MR) is 56.9 cm³/mol. The Morgan fingerprint density at radius 2 is 2.27 bits per heavy atom. The molecule has 0 unspecified atom stereocenters. The largest absolute Gasteiger partial charge is 0.369 e. The van der Waals surface area contributed by atoms with Gasteiger partial charge < -0.3 is 5.73 Å². The van der Waals surface area contributed by atoms with Crippen LogP contribution in [0.4, 0.5) is 4.39 Å². The van der Waals surface area contributed by atoms with Gasteiger partial charge in [0.05, 0.1) is 6.54 Å². The lowest BCUT2D eigenvalue weighted by Gasteiger charge is -2.15. The highest BCUT2D eigenvalue weighted by Crippen LogP contribution is 2.19. The Kier molecular flexibility index (Phi) is 4.05. The predicted octanol–water partition coefficient (Wildman–Crippen LogP) is 1.40. The van der Waals surface area contributed by atoms with E-state index in [4.69, 9.17) is 17.3 Å². The molecule has 1 rings (SSSR count). The van der Waals surface area contributed by atoms with Crippen molar-refractivity contribution in [1.29, 1.82) is 0 Å². The molecule has 0 saturated carbocycles. The molecule has 0 spiro atoms. The van der Waals surface area contributed by atoms with E-state index in [9.17, 15) is 9.18 Å². The molecule has 0 saturated heterocycles. The van der Waals surface area contributed by atoms with Crippen molar-refractivity contribution in [3.05, 3.63) is 34.6 Å². The normalized spacial score (nSPS) is 10.7. The van der Waals surface area contributed by atoms with Gasteiger partial charge in [-0.15, -0.1) is 0 Å². The zero-order chi connectivity index (χ0) is 11.4. The van der Waals surface area contributed by atoms with Gasteiger partial charge in [0.2, 0.25) is 5.91 Å². The Morgan fingerprint density at radius 1 is 1.60 bits per heavy atom. The van der Waals surface area contributed by atoms with E-state index in [1.807, 2.05) is 0 Å². The van der Waals surface area contributed by atoms with Crippen LogP contribution in [0.2, 0.25) is 5.02 Å². The van der Waals surface area contributed by atoms with Crippen LogP contribution in [0.15, 0.2) is 18.2 Å². The molecule has 0 fully saturated rings. The van der Waals surface area contributed by atoms with Gasteiger partial charge in [-0.1, -0.05) is 17.7 Å². The van der Waals surface area contributed by atoms with Crippen molar-refractivity contribution in [3.63, 3.8) is 0 Å². The van der Waals surface area contributed by atoms with Gasteiger partial charge >= 0.3 is 0 Å². The minimum absolute atomic E-state index is 0.0741. The van der Waals surface area contributed by atoms with Gasteiger partial charge in [0.15, 0.2) is 0 Å². The maximum atomic E-state index is 13.3. The summed E-state index contributed by atoms with van der Waals surface area (Å²) >= 11 is 5.83. The van der Waals surface area contributed by atoms with E-state index in [1.165, 1.54) is 12.1 Å². The summed E-state index contributed by atoms with van der Waals surface area (Å²) in [7, 11) is 1.67. The number of hydrogen-bond acceptors (Lipinski definition) is 2. The Morgan fingerprint density at radius 3 is 2.80 bits per heavy atom. The van der Waals surface area contributed by atoms with Gasteiger partial charge in [-0.05, 0) is 19.2 Å². The number of halogens is 2. The highest BCUT2D eigenvalue weighted by Gasteiger charge is 2.10. The van der Waals surface area contributed by atoms with Crippen LogP contribution >= 0.6 is 11.6 Å². The van der Waals surface area contributed by atoms with Gasteiger partial charge in [-0.3, -0.25) is 9.69 Å². The molecule has 0 aliphatic rings. The number of carbonyl (C=O) groups is 1. The van der Waals surface area contributed by atoms with Crippen LogP contribution in [0.25, 0.3) is 0 Å². The smallest absolute Gasteiger partial charge is 0.231 e. The van der Waals surface area contributed by atoms with Crippen LogP contribution in [0, 0.1) is 5.82 Å². The molecule has 2 N–H and O–H groups in total. The quantitative estimate of drug-likeness (QED) is 0.850. The summed E-state index contributed by atoms with van der Waals surface area (Å²) in [6, 6.07) is 4.48. The van der Waals surface area contributed by atoms with Crippen LogP contribution in [0.3, 0.4) is 0 Å². The maximum Gasteiger partial charge on any atom is 0.231 e. The fraction of sp³-hybridized carbons (Fsp3) is 0.300. The second-order valence-corrected chi connectivity index (χ2v) is 3.75. The highest BCUT2D eigenvalue weighted by molar-refractivity contribution is 6.31. The zero-order valence-electron chi connectivity index (χ0n) is 8.34. The number of rotatable bonds is 4. The minimum atomic E-state index is -0.454. The van der Waals surface area contributed by atoms with Gasteiger partial charge in [-0.2, -0.15) is 0 Å². The molecular formula is C10H12ClFN2O. The van der Waals surface area contributed by atoms with Crippen LogP contribution in [-0.4, -0.2) is 24.4 Å². The Hall–Kier alpha value is -1.13. The average molecular weight is 231 g/mol. The van der Waals surface area contributed by atoms with E-state index in [0.717, 1.165) is 0 Å². The summed E-state index contributed by atoms with van der Waals surface area (Å²) in [6.07, 6.45) is 0. The first-order valence-electron chi connectivity index (χ1n) is 4.40. The summed E-state index contributed by atoms with van der Waals surface area (Å²) in [5.41, 5.74) is 5.39. The lowest BCUT2D eigenvalue weighted by molar-refractivity contribution is -0.118. The van der Waals surface area contributed by atoms with Crippen LogP contribution in [-0.2, 0) is 11.3 Å². The average Bonchev–Trinajstić information content (AvgIpc) is 2.10. The molecule has 1 aromatic rings. The summed E-state index contributed by atoms with van der Waals surface area (Å²) in [4.78, 5) is 12.2. The molecule has 0 radical (unpaired) electrons. The van der Waals surface area contributed by atoms with Crippen LogP contribution in [0.1, 0.15) is 5.56 Å². The Balaban J connectivity index is 2.76. The summed E-state index contributed by atoms with van der Waals surface area (Å²) in [6.45, 7) is 0.332. The van der Waals surface area contributed by atoms with Gasteiger partial charge in [0, 0.05) is 17.1 Å². The third-order valence-corrected chi connectivity index (χ3v) is 2.27. The lowest BCUT2D eigenvalue weighted by atomic mass is 10.2. The van der Waals surface area contributed by atoms with Crippen molar-refractivity contribution in [1.82, 2.24) is 4.90 Å². The summed E-state index contributed by atoms with van der Waals surface area (Å²) < 4.78 is 13.3. The number of nitrogens with two attached hydrogens (primary N) is 1. The van der Waals surface area contributed by atoms with E-state index < -0.39 is 5.91 Å². The van der Waals surface area contributed by atoms with Crippen LogP contribution in [0.5, 0.6) is 0 Å². The molecular weight excluding hydrogens is 219 g/mol. The first kappa shape index (κ1) is 11.9. The highest BCUT2D eigenvalue weighted by atomic mass is 35.5. The van der Waals surface area contributed by atoms with Crippen molar-refractivity contribution < 1.29 is 9.18 Å². The van der Waals surface area contributed by atoms with E-state index in [0.29, 0.717) is 10.6 Å². The monoisotopic (exact) mass is 230 g/mol. The van der Waals surface area contributed by atoms with E-state index in [-0.39, 0.29) is 18.9 Å². The maximum absolute atomic E-state index is 13.3. The number of primary amides is 1. The van der Waals surface area contributed by atoms with Gasteiger partial charge in [-0.25, -0.2) is 4.39 Å². The van der Waals surface area contributed by atoms with Crippen molar-refractivity contribution >= 4 is 17.5 Å². The first-order valence-corrected chi connectivity index (χ1v) is 4.78. The fourth-order valence-corrected chi connectivity index (χ4v) is 1.50. The number of benzene rings is 1. The zero-order valence-corrected chi connectivity index (χ0v) is 9.09. The number of carbonyl (C=O) groups excluding carboxylic acids is 1. The van der Waals surface area contributed by atoms with Gasteiger partial charge in [0.25, 0.3) is 0 Å². The Bertz CT molecular complexity index is 350. The molecule has 82 valence electrons. The number of amides is 1. The SMILES string of the molecule is CN(CC(N)=O)Cc1c(F)cccc1Cl. The second-order valence-electron chi connectivity index (χ2n) is 3.34. The molecule has 0 aromatic heterocycles. The number of hydrogen-bond donors (Lipinski definition) is 1. The van der Waals surface area contributed by atoms with Crippen LogP contribution < -0.4 is 5.73 Å². The lowest BCUT2D eigenvalue weighted by Crippen LogP contribution is -2.30. The van der Waals surface area contributed by atoms with Crippen molar-refractivity contribution in [3.8, 4) is 0 Å². The van der Waals surface area contributed by atoms with Gasteiger partial charge in [0.1, 0.15) is 5.82 Å². The molecule has 0 aliphatic carbocycles. The standard InChI is InChI=1S/C10H12ClFN2O/c1-14(6-10(13)15)5-7-8(11)3-2-4-9(7)12/h2-4H,5-6H2,1H3,(H2,13,15). The van der Waals surface area contributed by atoms with Crippen molar-refractivity contribution in [2.75, 3.05) is 13.6 Å². The summed E-state index contributed by atoms with van der Waals surface area (Å²) in [5.74, 6) is -0.830. The molecule has 5 heteroatoms. The molecule has 0 atom stereocenters. The molecule has 15 heavy (non-hydrogen) atoms. The van der Waals surface area contributed by atoms with Crippen molar-refractivity contribution in [2.45, 2.75) is 6.54 Å². The molecule has 0 heterocycles. The fourth-order valence-electron chi connectivity index (χ4n) is 1.28.